The van der Waals surface area contributed by atoms with Crippen molar-refractivity contribution >= 4 is 26.8 Å². The number of ether oxygens (including phenoxy) is 1. The second kappa shape index (κ2) is 5.94. The Labute approximate surface area is 104 Å². The number of benzene rings is 1. The number of unbranched alkanes of at least 4 members (excludes halogenated alkanes) is 2. The summed E-state index contributed by atoms with van der Waals surface area (Å²) in [6, 6.07) is 8.17. The van der Waals surface area contributed by atoms with E-state index in [1.165, 1.54) is 18.2 Å². The van der Waals surface area contributed by atoms with Gasteiger partial charge < -0.3 is 9.72 Å². The van der Waals surface area contributed by atoms with Crippen LogP contribution in [-0.4, -0.2) is 16.9 Å². The summed E-state index contributed by atoms with van der Waals surface area (Å²) in [6.45, 7) is 0.803. The quantitative estimate of drug-likeness (QED) is 0.626. The lowest BCUT2D eigenvalue weighted by molar-refractivity contribution is 0.310. The van der Waals surface area contributed by atoms with Crippen LogP contribution in [0.1, 0.15) is 19.3 Å². The van der Waals surface area contributed by atoms with Crippen LogP contribution in [0, 0.1) is 0 Å². The van der Waals surface area contributed by atoms with E-state index >= 15 is 0 Å². The largest absolute Gasteiger partial charge is 0.493 e. The van der Waals surface area contributed by atoms with Gasteiger partial charge in [0.05, 0.1) is 6.61 Å². The molecule has 0 spiro atoms. The molecule has 0 saturated heterocycles. The molecule has 0 atom stereocenters. The summed E-state index contributed by atoms with van der Waals surface area (Å²) < 4.78 is 5.79. The fourth-order valence-corrected chi connectivity index (χ4v) is 2.13. The molecule has 1 N–H and O–H groups in total. The fraction of sp³-hybridized carbons (Fsp3) is 0.385. The Kier molecular flexibility index (Phi) is 4.28. The number of alkyl halides is 1. The van der Waals surface area contributed by atoms with E-state index in [4.69, 9.17) is 4.74 Å². The molecule has 0 fully saturated rings. The molecule has 3 heteroatoms. The van der Waals surface area contributed by atoms with E-state index in [9.17, 15) is 0 Å². The fourth-order valence-electron chi connectivity index (χ4n) is 1.74. The topological polar surface area (TPSA) is 25.0 Å². The van der Waals surface area contributed by atoms with Gasteiger partial charge in [-0.05, 0) is 37.5 Å². The number of hydrogen-bond acceptors (Lipinski definition) is 1. The monoisotopic (exact) mass is 281 g/mol. The second-order valence-electron chi connectivity index (χ2n) is 3.79. The van der Waals surface area contributed by atoms with Gasteiger partial charge in [0.2, 0.25) is 0 Å². The number of hydrogen-bond donors (Lipinski definition) is 1. The minimum atomic E-state index is 0.803. The smallest absolute Gasteiger partial charge is 0.128 e. The van der Waals surface area contributed by atoms with Crippen LogP contribution in [0.3, 0.4) is 0 Å². The molecule has 0 amide bonds. The zero-order chi connectivity index (χ0) is 11.2. The van der Waals surface area contributed by atoms with E-state index < -0.39 is 0 Å². The van der Waals surface area contributed by atoms with Gasteiger partial charge in [-0.15, -0.1) is 0 Å². The molecule has 1 heterocycles. The average Bonchev–Trinajstić information content (AvgIpc) is 2.77. The molecule has 2 nitrogen and oxygen atoms in total. The summed E-state index contributed by atoms with van der Waals surface area (Å²) in [5.41, 5.74) is 1.14. The lowest BCUT2D eigenvalue weighted by Crippen LogP contribution is -1.97. The highest BCUT2D eigenvalue weighted by Gasteiger charge is 2.01. The number of H-pyrrole nitrogens is 1. The van der Waals surface area contributed by atoms with E-state index in [1.54, 1.807) is 0 Å². The van der Waals surface area contributed by atoms with Gasteiger partial charge in [-0.1, -0.05) is 22.0 Å². The third-order valence-corrected chi connectivity index (χ3v) is 3.15. The first-order valence-corrected chi connectivity index (χ1v) is 6.79. The minimum Gasteiger partial charge on any atom is -0.493 e. The van der Waals surface area contributed by atoms with Crippen molar-refractivity contribution in [3.05, 3.63) is 30.5 Å². The maximum atomic E-state index is 5.79. The van der Waals surface area contributed by atoms with Gasteiger partial charge in [0, 0.05) is 22.4 Å². The maximum Gasteiger partial charge on any atom is 0.128 e. The van der Waals surface area contributed by atoms with E-state index in [0.29, 0.717) is 0 Å². The summed E-state index contributed by atoms with van der Waals surface area (Å²) >= 11 is 3.43. The lowest BCUT2D eigenvalue weighted by atomic mass is 10.2. The first kappa shape index (κ1) is 11.5. The van der Waals surface area contributed by atoms with Gasteiger partial charge in [-0.25, -0.2) is 0 Å². The maximum absolute atomic E-state index is 5.79. The molecule has 2 aromatic rings. The van der Waals surface area contributed by atoms with Crippen LogP contribution in [0.5, 0.6) is 5.75 Å². The Morgan fingerprint density at radius 2 is 2.06 bits per heavy atom. The Bertz CT molecular complexity index is 438. The van der Waals surface area contributed by atoms with Gasteiger partial charge in [0.25, 0.3) is 0 Å². The van der Waals surface area contributed by atoms with E-state index in [0.717, 1.165) is 29.6 Å². The molecule has 0 radical (unpaired) electrons. The third kappa shape index (κ3) is 2.79. The molecule has 86 valence electrons. The van der Waals surface area contributed by atoms with Gasteiger partial charge in [-0.3, -0.25) is 0 Å². The zero-order valence-electron chi connectivity index (χ0n) is 9.21. The van der Waals surface area contributed by atoms with Crippen LogP contribution in [0.25, 0.3) is 10.9 Å². The van der Waals surface area contributed by atoms with Crippen LogP contribution in [0.4, 0.5) is 0 Å². The number of nitrogens with one attached hydrogen (secondary N) is 1. The molecule has 0 bridgehead atoms. The molecule has 1 aromatic carbocycles. The second-order valence-corrected chi connectivity index (χ2v) is 4.59. The first-order chi connectivity index (χ1) is 7.92. The van der Waals surface area contributed by atoms with Gasteiger partial charge in [0.1, 0.15) is 5.75 Å². The molecule has 0 saturated carbocycles. The van der Waals surface area contributed by atoms with Crippen molar-refractivity contribution in [2.45, 2.75) is 19.3 Å². The molecule has 0 aliphatic heterocycles. The Morgan fingerprint density at radius 1 is 1.12 bits per heavy atom. The van der Waals surface area contributed by atoms with Crippen molar-refractivity contribution in [1.29, 1.82) is 0 Å². The Hall–Kier alpha value is -0.960. The standard InChI is InChI=1S/C13H16BrNO/c14-8-2-1-3-10-16-13-6-4-5-12-11(13)7-9-15-12/h4-7,9,15H,1-3,8,10H2. The number of aromatic amines is 1. The Morgan fingerprint density at radius 3 is 2.94 bits per heavy atom. The van der Waals surface area contributed by atoms with Crippen LogP contribution >= 0.6 is 15.9 Å². The van der Waals surface area contributed by atoms with Gasteiger partial charge in [0.15, 0.2) is 0 Å². The molecular weight excluding hydrogens is 266 g/mol. The number of aromatic nitrogens is 1. The summed E-state index contributed by atoms with van der Waals surface area (Å²) in [4.78, 5) is 3.18. The van der Waals surface area contributed by atoms with E-state index in [1.807, 2.05) is 18.3 Å². The number of rotatable bonds is 6. The molecule has 0 aliphatic rings. The number of halogens is 1. The van der Waals surface area contributed by atoms with Gasteiger partial charge in [-0.2, -0.15) is 0 Å². The zero-order valence-corrected chi connectivity index (χ0v) is 10.8. The van der Waals surface area contributed by atoms with Crippen molar-refractivity contribution in [1.82, 2.24) is 4.98 Å². The summed E-state index contributed by atoms with van der Waals surface area (Å²) in [5, 5.41) is 2.25. The van der Waals surface area contributed by atoms with Crippen molar-refractivity contribution in [3.8, 4) is 5.75 Å². The highest BCUT2D eigenvalue weighted by Crippen LogP contribution is 2.24. The lowest BCUT2D eigenvalue weighted by Gasteiger charge is -2.06. The molecule has 2 rings (SSSR count). The Balaban J connectivity index is 1.91. The molecular formula is C13H16BrNO. The van der Waals surface area contributed by atoms with E-state index in [2.05, 4.69) is 33.0 Å². The van der Waals surface area contributed by atoms with Crippen LogP contribution in [-0.2, 0) is 0 Å². The molecule has 1 aromatic heterocycles. The van der Waals surface area contributed by atoms with Crippen LogP contribution in [0.2, 0.25) is 0 Å². The average molecular weight is 282 g/mol. The van der Waals surface area contributed by atoms with Crippen LogP contribution in [0.15, 0.2) is 30.5 Å². The summed E-state index contributed by atoms with van der Waals surface area (Å²) in [6.07, 6.45) is 5.50. The molecule has 16 heavy (non-hydrogen) atoms. The predicted molar refractivity (Wildman–Crippen MR) is 71.4 cm³/mol. The van der Waals surface area contributed by atoms with Crippen molar-refractivity contribution in [2.75, 3.05) is 11.9 Å². The summed E-state index contributed by atoms with van der Waals surface area (Å²) in [5.74, 6) is 0.984. The number of fused-ring (bicyclic) bond motifs is 1. The predicted octanol–water partition coefficient (Wildman–Crippen LogP) is 4.11. The molecule has 0 aliphatic carbocycles. The van der Waals surface area contributed by atoms with Crippen molar-refractivity contribution in [2.24, 2.45) is 0 Å². The minimum absolute atomic E-state index is 0.803. The van der Waals surface area contributed by atoms with Crippen LogP contribution < -0.4 is 4.74 Å². The SMILES string of the molecule is BrCCCCCOc1cccc2[nH]ccc12. The third-order valence-electron chi connectivity index (χ3n) is 2.59. The van der Waals surface area contributed by atoms with E-state index in [-0.39, 0.29) is 0 Å². The molecule has 0 unspecified atom stereocenters. The normalized spacial score (nSPS) is 10.8. The van der Waals surface area contributed by atoms with Crippen molar-refractivity contribution < 1.29 is 4.74 Å². The summed E-state index contributed by atoms with van der Waals surface area (Å²) in [7, 11) is 0. The highest BCUT2D eigenvalue weighted by atomic mass is 79.9. The van der Waals surface area contributed by atoms with Crippen molar-refractivity contribution in [3.63, 3.8) is 0 Å². The highest BCUT2D eigenvalue weighted by molar-refractivity contribution is 9.09. The van der Waals surface area contributed by atoms with Gasteiger partial charge >= 0.3 is 0 Å². The first-order valence-electron chi connectivity index (χ1n) is 5.66.